The van der Waals surface area contributed by atoms with Gasteiger partial charge in [-0.15, -0.1) is 0 Å². The number of methoxy groups -OCH3 is 2. The number of fused-ring (bicyclic) bond motifs is 8. The molecule has 12 nitrogen and oxygen atoms in total. The fourth-order valence-corrected chi connectivity index (χ4v) is 5.40. The largest absolute Gasteiger partial charge is 0.493 e. The van der Waals surface area contributed by atoms with Crippen molar-refractivity contribution in [2.45, 2.75) is 31.5 Å². The number of H-pyrrole nitrogens is 1. The summed E-state index contributed by atoms with van der Waals surface area (Å²) in [5.41, 5.74) is 2.88. The van der Waals surface area contributed by atoms with Gasteiger partial charge < -0.3 is 39.5 Å². The van der Waals surface area contributed by atoms with Crippen LogP contribution in [0.15, 0.2) is 60.7 Å². The summed E-state index contributed by atoms with van der Waals surface area (Å²) in [7, 11) is 3.01. The van der Waals surface area contributed by atoms with Gasteiger partial charge in [0.25, 0.3) is 11.8 Å². The van der Waals surface area contributed by atoms with Crippen LogP contribution >= 0.6 is 0 Å². The summed E-state index contributed by atoms with van der Waals surface area (Å²) in [6.07, 6.45) is 0.140. The maximum Gasteiger partial charge on any atom is 0.258 e. The summed E-state index contributed by atoms with van der Waals surface area (Å²) in [6.45, 7) is 0.501. The van der Waals surface area contributed by atoms with Crippen molar-refractivity contribution in [1.29, 1.82) is 0 Å². The Morgan fingerprint density at radius 1 is 1.00 bits per heavy atom. The molecule has 1 saturated heterocycles. The average molecular weight is 600 g/mol. The molecule has 0 aliphatic carbocycles. The molecule has 2 atom stereocenters. The van der Waals surface area contributed by atoms with Gasteiger partial charge in [-0.2, -0.15) is 0 Å². The zero-order valence-electron chi connectivity index (χ0n) is 24.4. The fraction of sp³-hybridized carbons (Fsp3) is 0.312. The number of hydrogen-bond donors (Lipinski definition) is 3. The summed E-state index contributed by atoms with van der Waals surface area (Å²) < 4.78 is 23.1. The van der Waals surface area contributed by atoms with Gasteiger partial charge in [-0.25, -0.2) is 4.98 Å². The monoisotopic (exact) mass is 599 g/mol. The molecule has 3 amide bonds. The quantitative estimate of drug-likeness (QED) is 0.318. The van der Waals surface area contributed by atoms with E-state index in [2.05, 4.69) is 20.6 Å². The van der Waals surface area contributed by atoms with Gasteiger partial charge in [0.15, 0.2) is 29.6 Å². The minimum atomic E-state index is -0.557. The Morgan fingerprint density at radius 2 is 1.84 bits per heavy atom. The Morgan fingerprint density at radius 3 is 2.66 bits per heavy atom. The van der Waals surface area contributed by atoms with Crippen LogP contribution in [0.3, 0.4) is 0 Å². The molecule has 0 spiro atoms. The van der Waals surface area contributed by atoms with E-state index in [0.717, 1.165) is 22.4 Å². The van der Waals surface area contributed by atoms with Gasteiger partial charge >= 0.3 is 0 Å². The topological polar surface area (TPSA) is 144 Å². The summed E-state index contributed by atoms with van der Waals surface area (Å²) in [6, 6.07) is 17.3. The van der Waals surface area contributed by atoms with Crippen molar-refractivity contribution in [3.63, 3.8) is 0 Å². The highest BCUT2D eigenvalue weighted by molar-refractivity contribution is 5.95. The third-order valence-corrected chi connectivity index (χ3v) is 7.73. The molecule has 1 fully saturated rings. The van der Waals surface area contributed by atoms with Crippen LogP contribution in [0.1, 0.15) is 28.2 Å². The molecule has 1 aromatic heterocycles. The van der Waals surface area contributed by atoms with E-state index in [1.807, 2.05) is 30.3 Å². The summed E-state index contributed by atoms with van der Waals surface area (Å²) in [5, 5.41) is 5.85. The first-order chi connectivity index (χ1) is 21.4. The molecule has 44 heavy (non-hydrogen) atoms. The average Bonchev–Trinajstić information content (AvgIpc) is 3.65. The van der Waals surface area contributed by atoms with E-state index in [-0.39, 0.29) is 56.1 Å². The predicted molar refractivity (Wildman–Crippen MR) is 160 cm³/mol. The van der Waals surface area contributed by atoms with Gasteiger partial charge in [0.05, 0.1) is 37.8 Å². The highest BCUT2D eigenvalue weighted by atomic mass is 16.5. The Balaban J connectivity index is 1.25. The van der Waals surface area contributed by atoms with E-state index in [0.29, 0.717) is 29.2 Å². The molecule has 0 saturated carbocycles. The lowest BCUT2D eigenvalue weighted by atomic mass is 10.1. The van der Waals surface area contributed by atoms with Crippen LogP contribution in [-0.2, 0) is 22.6 Å². The lowest BCUT2D eigenvalue weighted by molar-refractivity contribution is -0.130. The number of carbonyl (C=O) groups is 3. The predicted octanol–water partition coefficient (Wildman–Crippen LogP) is 2.61. The molecule has 3 aliphatic heterocycles. The summed E-state index contributed by atoms with van der Waals surface area (Å²) >= 11 is 0. The second-order valence-electron chi connectivity index (χ2n) is 10.7. The number of carbonyl (C=O) groups excluding carboxylic acids is 3. The van der Waals surface area contributed by atoms with Gasteiger partial charge in [0.1, 0.15) is 11.9 Å². The number of hydrogen-bond acceptors (Lipinski definition) is 8. The second-order valence-corrected chi connectivity index (χ2v) is 10.7. The third-order valence-electron chi connectivity index (χ3n) is 7.73. The number of aryl methyl sites for hydroxylation is 1. The summed E-state index contributed by atoms with van der Waals surface area (Å²) in [4.78, 5) is 48.9. The van der Waals surface area contributed by atoms with Crippen LogP contribution < -0.4 is 29.6 Å². The number of ether oxygens (including phenoxy) is 4. The molecule has 4 aromatic rings. The molecule has 12 heteroatoms. The van der Waals surface area contributed by atoms with Crippen molar-refractivity contribution < 1.29 is 33.3 Å². The van der Waals surface area contributed by atoms with Crippen molar-refractivity contribution in [2.24, 2.45) is 0 Å². The first kappa shape index (κ1) is 28.8. The zero-order valence-corrected chi connectivity index (χ0v) is 24.4. The van der Waals surface area contributed by atoms with E-state index in [9.17, 15) is 14.4 Å². The molecule has 3 aromatic carbocycles. The van der Waals surface area contributed by atoms with Gasteiger partial charge in [-0.1, -0.05) is 18.2 Å². The number of para-hydroxylation sites is 2. The fourth-order valence-electron chi connectivity index (χ4n) is 5.40. The zero-order chi connectivity index (χ0) is 30.6. The first-order valence-corrected chi connectivity index (χ1v) is 14.3. The SMILES string of the molecule is COc1ccc2cc1OCC(=O)NCc1ccc(c(OC)c1)O[C@H]1CN(C(=O)CCc3nc4ccccc4[nH]3)C[C@@H]1NC2=O. The number of nitrogens with one attached hydrogen (secondary N) is 3. The summed E-state index contributed by atoms with van der Waals surface area (Å²) in [5.74, 6) is 1.51. The first-order valence-electron chi connectivity index (χ1n) is 14.3. The van der Waals surface area contributed by atoms with E-state index in [4.69, 9.17) is 18.9 Å². The second kappa shape index (κ2) is 12.5. The third kappa shape index (κ3) is 6.24. The van der Waals surface area contributed by atoms with E-state index in [1.54, 1.807) is 29.2 Å². The van der Waals surface area contributed by atoms with Crippen molar-refractivity contribution in [3.05, 3.63) is 77.6 Å². The van der Waals surface area contributed by atoms with Crippen LogP contribution in [0.25, 0.3) is 11.0 Å². The minimum Gasteiger partial charge on any atom is -0.493 e. The van der Waals surface area contributed by atoms with Crippen LogP contribution in [0.5, 0.6) is 23.0 Å². The smallest absolute Gasteiger partial charge is 0.258 e. The van der Waals surface area contributed by atoms with Crippen LogP contribution in [0, 0.1) is 0 Å². The van der Waals surface area contributed by atoms with Crippen LogP contribution in [0.4, 0.5) is 0 Å². The number of likely N-dealkylation sites (tertiary alicyclic amines) is 1. The molecule has 7 rings (SSSR count). The molecule has 0 unspecified atom stereocenters. The number of benzene rings is 3. The number of imidazole rings is 1. The van der Waals surface area contributed by atoms with Crippen molar-refractivity contribution >= 4 is 28.8 Å². The van der Waals surface area contributed by atoms with Gasteiger partial charge in [0, 0.05) is 31.5 Å². The Labute approximate surface area is 253 Å². The number of aromatic amines is 1. The number of rotatable bonds is 5. The molecule has 0 radical (unpaired) electrons. The Kier molecular flexibility index (Phi) is 8.22. The van der Waals surface area contributed by atoms with Crippen molar-refractivity contribution in [1.82, 2.24) is 25.5 Å². The number of amides is 3. The molecule has 3 N–H and O–H groups in total. The molecular formula is C32H33N5O7. The van der Waals surface area contributed by atoms with E-state index >= 15 is 0 Å². The molecule has 3 aliphatic rings. The Bertz CT molecular complexity index is 1670. The normalized spacial score (nSPS) is 18.5. The van der Waals surface area contributed by atoms with E-state index < -0.39 is 12.1 Å². The number of aromatic nitrogens is 2. The maximum atomic E-state index is 13.5. The van der Waals surface area contributed by atoms with Gasteiger partial charge in [0.2, 0.25) is 5.91 Å². The van der Waals surface area contributed by atoms with E-state index in [1.165, 1.54) is 20.3 Å². The number of nitrogens with zero attached hydrogens (tertiary/aromatic N) is 2. The van der Waals surface area contributed by atoms with Gasteiger partial charge in [-0.05, 0) is 48.0 Å². The lowest BCUT2D eigenvalue weighted by Gasteiger charge is -2.22. The van der Waals surface area contributed by atoms with Crippen LogP contribution in [0.2, 0.25) is 0 Å². The van der Waals surface area contributed by atoms with Gasteiger partial charge in [-0.3, -0.25) is 14.4 Å². The van der Waals surface area contributed by atoms with Crippen molar-refractivity contribution in [2.75, 3.05) is 33.9 Å². The highest BCUT2D eigenvalue weighted by Crippen LogP contribution is 2.32. The molecule has 4 heterocycles. The standard InChI is InChI=1S/C32H33N5O7/c1-41-24-10-8-20-14-27(24)43-18-30(38)33-15-19-7-9-25(26(13-19)42-2)44-28-17-37(16-23(28)36-32(20)40)31(39)12-11-29-34-21-5-3-4-6-22(21)35-29/h3-10,13-14,23,28H,11-12,15-18H2,1-2H3,(H,33,38)(H,34,35)(H,36,40)/t23-,28-/m0/s1. The molecule has 4 bridgehead atoms. The van der Waals surface area contributed by atoms with Crippen molar-refractivity contribution in [3.8, 4) is 23.0 Å². The highest BCUT2D eigenvalue weighted by Gasteiger charge is 2.38. The Hall–Kier alpha value is -5.26. The molecule has 228 valence electrons. The maximum absolute atomic E-state index is 13.5. The van der Waals surface area contributed by atoms with Crippen LogP contribution in [-0.4, -0.2) is 78.7 Å². The lowest BCUT2D eigenvalue weighted by Crippen LogP contribution is -2.45. The minimum absolute atomic E-state index is 0.0730. The molecular weight excluding hydrogens is 566 g/mol.